The molecular weight excluding hydrogens is 351 g/mol. The average Bonchev–Trinajstić information content (AvgIpc) is 2.40. The van der Waals surface area contributed by atoms with E-state index >= 15 is 0 Å². The molecule has 3 nitrogen and oxygen atoms in total. The molecule has 0 aromatic heterocycles. The molecule has 1 aromatic rings. The molecule has 1 fully saturated rings. The zero-order chi connectivity index (χ0) is 13.7. The predicted molar refractivity (Wildman–Crippen MR) is 87.3 cm³/mol. The van der Waals surface area contributed by atoms with Crippen LogP contribution in [0.25, 0.3) is 0 Å². The summed E-state index contributed by atoms with van der Waals surface area (Å²) in [7, 11) is 0. The minimum absolute atomic E-state index is 0.103. The van der Waals surface area contributed by atoms with Gasteiger partial charge >= 0.3 is 0 Å². The second kappa shape index (κ2) is 7.12. The van der Waals surface area contributed by atoms with Gasteiger partial charge in [-0.05, 0) is 60.6 Å². The quantitative estimate of drug-likeness (QED) is 0.794. The molecule has 0 heterocycles. The number of benzene rings is 1. The van der Waals surface area contributed by atoms with Gasteiger partial charge in [-0.25, -0.2) is 0 Å². The Labute approximate surface area is 128 Å². The van der Waals surface area contributed by atoms with Crippen LogP contribution < -0.4 is 10.6 Å². The first-order valence-electron chi connectivity index (χ1n) is 6.97. The summed E-state index contributed by atoms with van der Waals surface area (Å²) in [5, 5.41) is 6.41. The molecule has 0 aliphatic heterocycles. The number of halogens is 1. The molecule has 4 heteroatoms. The molecule has 1 aliphatic rings. The molecule has 1 amide bonds. The van der Waals surface area contributed by atoms with Gasteiger partial charge in [0.1, 0.15) is 6.04 Å². The van der Waals surface area contributed by atoms with Crippen molar-refractivity contribution in [1.29, 1.82) is 0 Å². The van der Waals surface area contributed by atoms with Crippen LogP contribution in [0.2, 0.25) is 0 Å². The Hall–Kier alpha value is -0.780. The Balaban J connectivity index is 1.84. The zero-order valence-corrected chi connectivity index (χ0v) is 13.4. The molecule has 0 bridgehead atoms. The molecule has 1 aliphatic carbocycles. The van der Waals surface area contributed by atoms with E-state index in [0.29, 0.717) is 6.04 Å². The van der Waals surface area contributed by atoms with Gasteiger partial charge in [-0.3, -0.25) is 4.79 Å². The number of hydrogen-bond acceptors (Lipinski definition) is 2. The summed E-state index contributed by atoms with van der Waals surface area (Å²) >= 11 is 2.27. The van der Waals surface area contributed by atoms with Crippen molar-refractivity contribution in [1.82, 2.24) is 5.32 Å². The molecule has 2 rings (SSSR count). The molecule has 19 heavy (non-hydrogen) atoms. The Kier molecular flexibility index (Phi) is 5.48. The Bertz CT molecular complexity index is 430. The average molecular weight is 372 g/mol. The van der Waals surface area contributed by atoms with Crippen LogP contribution in [-0.2, 0) is 4.79 Å². The maximum absolute atomic E-state index is 12.1. The number of nitrogens with one attached hydrogen (secondary N) is 2. The fraction of sp³-hybridized carbons (Fsp3) is 0.533. The summed E-state index contributed by atoms with van der Waals surface area (Å²) < 4.78 is 1.17. The number of amides is 1. The summed E-state index contributed by atoms with van der Waals surface area (Å²) in [4.78, 5) is 12.1. The molecule has 1 atom stereocenters. The molecule has 0 radical (unpaired) electrons. The van der Waals surface area contributed by atoms with Crippen molar-refractivity contribution in [3.63, 3.8) is 0 Å². The molecule has 0 unspecified atom stereocenters. The van der Waals surface area contributed by atoms with Crippen molar-refractivity contribution < 1.29 is 4.79 Å². The zero-order valence-electron chi connectivity index (χ0n) is 11.3. The lowest BCUT2D eigenvalue weighted by atomic mass is 9.95. The molecule has 0 spiro atoms. The monoisotopic (exact) mass is 372 g/mol. The van der Waals surface area contributed by atoms with E-state index in [2.05, 4.69) is 33.2 Å². The molecule has 104 valence electrons. The van der Waals surface area contributed by atoms with Gasteiger partial charge in [0.15, 0.2) is 0 Å². The molecule has 0 saturated heterocycles. The lowest BCUT2D eigenvalue weighted by molar-refractivity contribution is -0.122. The van der Waals surface area contributed by atoms with Crippen LogP contribution in [0.3, 0.4) is 0 Å². The van der Waals surface area contributed by atoms with Crippen molar-refractivity contribution in [2.75, 3.05) is 5.32 Å². The van der Waals surface area contributed by atoms with E-state index in [-0.39, 0.29) is 11.9 Å². The normalized spacial score (nSPS) is 17.8. The second-order valence-electron chi connectivity index (χ2n) is 5.22. The number of carbonyl (C=O) groups is 1. The Morgan fingerprint density at radius 3 is 2.74 bits per heavy atom. The molecule has 1 saturated carbocycles. The maximum Gasteiger partial charge on any atom is 0.242 e. The van der Waals surface area contributed by atoms with Crippen molar-refractivity contribution in [3.8, 4) is 0 Å². The van der Waals surface area contributed by atoms with Crippen molar-refractivity contribution in [3.05, 3.63) is 27.8 Å². The smallest absolute Gasteiger partial charge is 0.242 e. The van der Waals surface area contributed by atoms with Gasteiger partial charge in [0.2, 0.25) is 5.91 Å². The summed E-state index contributed by atoms with van der Waals surface area (Å²) in [6.45, 7) is 1.91. The first-order chi connectivity index (χ1) is 9.15. The number of carbonyl (C=O) groups excluding carboxylic acids is 1. The third-order valence-corrected chi connectivity index (χ3v) is 4.22. The van der Waals surface area contributed by atoms with E-state index in [4.69, 9.17) is 0 Å². The Morgan fingerprint density at radius 2 is 2.05 bits per heavy atom. The highest BCUT2D eigenvalue weighted by atomic mass is 127. The standard InChI is InChI=1S/C15H21IN2O/c1-11(17-14-9-5-6-12(16)10-14)15(19)18-13-7-3-2-4-8-13/h5-6,9-11,13,17H,2-4,7-8H2,1H3,(H,18,19)/t11-/m1/s1. The molecule has 2 N–H and O–H groups in total. The van der Waals surface area contributed by atoms with Crippen molar-refractivity contribution in [2.24, 2.45) is 0 Å². The van der Waals surface area contributed by atoms with Crippen molar-refractivity contribution >= 4 is 34.2 Å². The second-order valence-corrected chi connectivity index (χ2v) is 6.47. The summed E-state index contributed by atoms with van der Waals surface area (Å²) in [5.74, 6) is 0.103. The molecule has 1 aromatic carbocycles. The Morgan fingerprint density at radius 1 is 1.32 bits per heavy atom. The topological polar surface area (TPSA) is 41.1 Å². The predicted octanol–water partition coefficient (Wildman–Crippen LogP) is 3.54. The maximum atomic E-state index is 12.1. The van der Waals surface area contributed by atoms with Gasteiger partial charge in [0, 0.05) is 15.3 Å². The van der Waals surface area contributed by atoms with Gasteiger partial charge in [-0.15, -0.1) is 0 Å². The van der Waals surface area contributed by atoms with Crippen LogP contribution in [0.5, 0.6) is 0 Å². The highest BCUT2D eigenvalue weighted by Crippen LogP contribution is 2.18. The lowest BCUT2D eigenvalue weighted by Gasteiger charge is -2.25. The number of rotatable bonds is 4. The highest BCUT2D eigenvalue weighted by Gasteiger charge is 2.19. The van der Waals surface area contributed by atoms with E-state index < -0.39 is 0 Å². The highest BCUT2D eigenvalue weighted by molar-refractivity contribution is 14.1. The summed E-state index contributed by atoms with van der Waals surface area (Å²) in [5.41, 5.74) is 0.998. The fourth-order valence-corrected chi connectivity index (χ4v) is 3.01. The minimum atomic E-state index is -0.194. The molecular formula is C15H21IN2O. The fourth-order valence-electron chi connectivity index (χ4n) is 2.47. The van der Waals surface area contributed by atoms with Crippen LogP contribution in [0.4, 0.5) is 5.69 Å². The van der Waals surface area contributed by atoms with Gasteiger partial charge in [0.25, 0.3) is 0 Å². The van der Waals surface area contributed by atoms with E-state index in [1.165, 1.54) is 22.8 Å². The third kappa shape index (κ3) is 4.67. The van der Waals surface area contributed by atoms with Gasteiger partial charge in [-0.1, -0.05) is 25.3 Å². The number of hydrogen-bond donors (Lipinski definition) is 2. The van der Waals surface area contributed by atoms with Gasteiger partial charge in [-0.2, -0.15) is 0 Å². The van der Waals surface area contributed by atoms with Crippen molar-refractivity contribution in [2.45, 2.75) is 51.1 Å². The number of anilines is 1. The van der Waals surface area contributed by atoms with Crippen LogP contribution in [0.1, 0.15) is 39.0 Å². The van der Waals surface area contributed by atoms with Crippen LogP contribution >= 0.6 is 22.6 Å². The summed E-state index contributed by atoms with van der Waals surface area (Å²) in [6, 6.07) is 8.26. The third-order valence-electron chi connectivity index (χ3n) is 3.55. The van der Waals surface area contributed by atoms with E-state index in [1.807, 2.05) is 31.2 Å². The SMILES string of the molecule is C[C@@H](Nc1cccc(I)c1)C(=O)NC1CCCCC1. The van der Waals surface area contributed by atoms with E-state index in [9.17, 15) is 4.79 Å². The first-order valence-corrected chi connectivity index (χ1v) is 8.05. The van der Waals surface area contributed by atoms with Crippen LogP contribution in [0, 0.1) is 3.57 Å². The largest absolute Gasteiger partial charge is 0.374 e. The van der Waals surface area contributed by atoms with E-state index in [0.717, 1.165) is 18.5 Å². The van der Waals surface area contributed by atoms with Crippen LogP contribution in [-0.4, -0.2) is 18.0 Å². The van der Waals surface area contributed by atoms with Crippen LogP contribution in [0.15, 0.2) is 24.3 Å². The van der Waals surface area contributed by atoms with Gasteiger partial charge < -0.3 is 10.6 Å². The van der Waals surface area contributed by atoms with Gasteiger partial charge in [0.05, 0.1) is 0 Å². The van der Waals surface area contributed by atoms with E-state index in [1.54, 1.807) is 0 Å². The summed E-state index contributed by atoms with van der Waals surface area (Å²) in [6.07, 6.45) is 6.04. The lowest BCUT2D eigenvalue weighted by Crippen LogP contribution is -2.44. The minimum Gasteiger partial charge on any atom is -0.374 e. The first kappa shape index (κ1) is 14.6.